The zero-order valence-electron chi connectivity index (χ0n) is 8.85. The van der Waals surface area contributed by atoms with Gasteiger partial charge in [-0.15, -0.1) is 0 Å². The van der Waals surface area contributed by atoms with Crippen molar-refractivity contribution in [1.29, 1.82) is 0 Å². The second-order valence-electron chi connectivity index (χ2n) is 4.64. The molecule has 1 aliphatic heterocycles. The van der Waals surface area contributed by atoms with Gasteiger partial charge in [0.1, 0.15) is 0 Å². The third-order valence-electron chi connectivity index (χ3n) is 3.65. The first-order chi connectivity index (χ1) is 7.34. The second-order valence-corrected chi connectivity index (χ2v) is 5.55. The Labute approximate surface area is 99.4 Å². The second kappa shape index (κ2) is 3.91. The van der Waals surface area contributed by atoms with Gasteiger partial charge >= 0.3 is 0 Å². The molecule has 0 aromatic heterocycles. The quantitative estimate of drug-likeness (QED) is 0.821. The van der Waals surface area contributed by atoms with Crippen molar-refractivity contribution < 1.29 is 0 Å². The Morgan fingerprint density at radius 1 is 1.20 bits per heavy atom. The van der Waals surface area contributed by atoms with E-state index in [1.54, 1.807) is 16.7 Å². The van der Waals surface area contributed by atoms with E-state index < -0.39 is 0 Å². The van der Waals surface area contributed by atoms with Gasteiger partial charge in [0, 0.05) is 10.5 Å². The summed E-state index contributed by atoms with van der Waals surface area (Å²) in [7, 11) is 0. The Hall–Kier alpha value is -0.340. The first kappa shape index (κ1) is 9.86. The molecule has 0 bridgehead atoms. The summed E-state index contributed by atoms with van der Waals surface area (Å²) in [6.07, 6.45) is 6.53. The van der Waals surface area contributed by atoms with Crippen LogP contribution in [0.25, 0.3) is 0 Å². The number of hydrogen-bond acceptors (Lipinski definition) is 1. The van der Waals surface area contributed by atoms with Gasteiger partial charge in [-0.25, -0.2) is 0 Å². The van der Waals surface area contributed by atoms with E-state index in [2.05, 4.69) is 33.4 Å². The molecule has 0 spiro atoms. The molecular formula is C13H16BrN. The third-order valence-corrected chi connectivity index (χ3v) is 4.11. The lowest BCUT2D eigenvalue weighted by Gasteiger charge is -2.16. The largest absolute Gasteiger partial charge is 0.310 e. The molecule has 3 rings (SSSR count). The van der Waals surface area contributed by atoms with Crippen molar-refractivity contribution in [1.82, 2.24) is 5.32 Å². The average Bonchev–Trinajstić information content (AvgIpc) is 2.86. The van der Waals surface area contributed by atoms with Gasteiger partial charge in [-0.1, -0.05) is 15.9 Å². The maximum absolute atomic E-state index is 3.64. The lowest BCUT2D eigenvalue weighted by Crippen LogP contribution is -2.14. The van der Waals surface area contributed by atoms with Crippen LogP contribution < -0.4 is 5.32 Å². The van der Waals surface area contributed by atoms with E-state index in [9.17, 15) is 0 Å². The lowest BCUT2D eigenvalue weighted by atomic mass is 9.96. The Morgan fingerprint density at radius 2 is 2.13 bits per heavy atom. The first-order valence-corrected chi connectivity index (χ1v) is 6.68. The van der Waals surface area contributed by atoms with Crippen LogP contribution in [-0.4, -0.2) is 6.54 Å². The number of benzene rings is 1. The summed E-state index contributed by atoms with van der Waals surface area (Å²) in [5, 5.41) is 3.61. The monoisotopic (exact) mass is 265 g/mol. The van der Waals surface area contributed by atoms with Gasteiger partial charge in [0.15, 0.2) is 0 Å². The molecule has 1 unspecified atom stereocenters. The van der Waals surface area contributed by atoms with Gasteiger partial charge in [-0.05, 0) is 67.5 Å². The van der Waals surface area contributed by atoms with Gasteiger partial charge in [0.2, 0.25) is 0 Å². The molecule has 15 heavy (non-hydrogen) atoms. The number of nitrogens with one attached hydrogen (secondary N) is 1. The smallest absolute Gasteiger partial charge is 0.0323 e. The molecule has 80 valence electrons. The molecule has 2 aliphatic rings. The van der Waals surface area contributed by atoms with Gasteiger partial charge in [0.25, 0.3) is 0 Å². The Balaban J connectivity index is 2.05. The third kappa shape index (κ3) is 1.74. The molecular weight excluding hydrogens is 250 g/mol. The summed E-state index contributed by atoms with van der Waals surface area (Å²) in [6, 6.07) is 5.25. The zero-order valence-corrected chi connectivity index (χ0v) is 10.4. The van der Waals surface area contributed by atoms with Crippen LogP contribution in [0.3, 0.4) is 0 Å². The minimum Gasteiger partial charge on any atom is -0.310 e. The molecule has 2 heteroatoms. The molecule has 1 saturated heterocycles. The van der Waals surface area contributed by atoms with E-state index in [1.807, 2.05) is 0 Å². The molecule has 1 fully saturated rings. The maximum Gasteiger partial charge on any atom is 0.0323 e. The maximum atomic E-state index is 3.64. The summed E-state index contributed by atoms with van der Waals surface area (Å²) in [6.45, 7) is 1.19. The van der Waals surface area contributed by atoms with Crippen molar-refractivity contribution in [2.24, 2.45) is 0 Å². The molecule has 1 aliphatic carbocycles. The predicted octanol–water partition coefficient (Wildman–Crippen LogP) is 3.36. The van der Waals surface area contributed by atoms with Crippen molar-refractivity contribution in [3.05, 3.63) is 33.3 Å². The molecule has 0 saturated carbocycles. The van der Waals surface area contributed by atoms with Gasteiger partial charge in [-0.3, -0.25) is 0 Å². The van der Waals surface area contributed by atoms with Crippen molar-refractivity contribution in [2.75, 3.05) is 6.54 Å². The topological polar surface area (TPSA) is 12.0 Å². The minimum absolute atomic E-state index is 0.620. The van der Waals surface area contributed by atoms with Crippen LogP contribution in [-0.2, 0) is 12.8 Å². The highest BCUT2D eigenvalue weighted by Crippen LogP contribution is 2.35. The standard InChI is InChI=1S/C13H16BrN/c14-10-7-9-3-1-4-11(9)12(8-10)13-5-2-6-15-13/h7-8,13,15H,1-6H2. The summed E-state index contributed by atoms with van der Waals surface area (Å²) >= 11 is 3.64. The van der Waals surface area contributed by atoms with Crippen molar-refractivity contribution >= 4 is 15.9 Å². The summed E-state index contributed by atoms with van der Waals surface area (Å²) in [5.74, 6) is 0. The minimum atomic E-state index is 0.620. The highest BCUT2D eigenvalue weighted by Gasteiger charge is 2.23. The molecule has 1 nitrogen and oxygen atoms in total. The highest BCUT2D eigenvalue weighted by molar-refractivity contribution is 9.10. The Morgan fingerprint density at radius 3 is 2.93 bits per heavy atom. The van der Waals surface area contributed by atoms with E-state index in [4.69, 9.17) is 0 Å². The fourth-order valence-electron chi connectivity index (χ4n) is 2.96. The van der Waals surface area contributed by atoms with Crippen LogP contribution in [0, 0.1) is 0 Å². The fourth-order valence-corrected chi connectivity index (χ4v) is 3.48. The van der Waals surface area contributed by atoms with Crippen LogP contribution in [0.5, 0.6) is 0 Å². The molecule has 1 N–H and O–H groups in total. The molecule has 1 aromatic carbocycles. The van der Waals surface area contributed by atoms with E-state index >= 15 is 0 Å². The van der Waals surface area contributed by atoms with Crippen LogP contribution in [0.1, 0.15) is 42.0 Å². The number of hydrogen-bond donors (Lipinski definition) is 1. The van der Waals surface area contributed by atoms with Crippen LogP contribution in [0.4, 0.5) is 0 Å². The molecule has 1 aromatic rings. The van der Waals surface area contributed by atoms with Crippen molar-refractivity contribution in [2.45, 2.75) is 38.1 Å². The van der Waals surface area contributed by atoms with Gasteiger partial charge < -0.3 is 5.32 Å². The SMILES string of the molecule is Brc1cc2c(c(C3CCCN3)c1)CCC2. The Bertz CT molecular complexity index is 380. The lowest BCUT2D eigenvalue weighted by molar-refractivity contribution is 0.640. The van der Waals surface area contributed by atoms with Gasteiger partial charge in [-0.2, -0.15) is 0 Å². The van der Waals surface area contributed by atoms with E-state index in [1.165, 1.54) is 43.1 Å². The molecule has 1 heterocycles. The fraction of sp³-hybridized carbons (Fsp3) is 0.538. The van der Waals surface area contributed by atoms with E-state index in [-0.39, 0.29) is 0 Å². The molecule has 1 atom stereocenters. The van der Waals surface area contributed by atoms with Crippen LogP contribution >= 0.6 is 15.9 Å². The summed E-state index contributed by atoms with van der Waals surface area (Å²) in [5.41, 5.74) is 4.78. The van der Waals surface area contributed by atoms with Gasteiger partial charge in [0.05, 0.1) is 0 Å². The Kier molecular flexibility index (Phi) is 2.57. The van der Waals surface area contributed by atoms with Crippen LogP contribution in [0.2, 0.25) is 0 Å². The number of rotatable bonds is 1. The summed E-state index contributed by atoms with van der Waals surface area (Å²) in [4.78, 5) is 0. The van der Waals surface area contributed by atoms with Crippen molar-refractivity contribution in [3.8, 4) is 0 Å². The molecule has 0 radical (unpaired) electrons. The number of fused-ring (bicyclic) bond motifs is 1. The zero-order chi connectivity index (χ0) is 10.3. The number of aryl methyl sites for hydroxylation is 1. The first-order valence-electron chi connectivity index (χ1n) is 5.89. The predicted molar refractivity (Wildman–Crippen MR) is 66.1 cm³/mol. The summed E-state index contributed by atoms with van der Waals surface area (Å²) < 4.78 is 1.26. The highest BCUT2D eigenvalue weighted by atomic mass is 79.9. The van der Waals surface area contributed by atoms with E-state index in [0.29, 0.717) is 6.04 Å². The normalized spacial score (nSPS) is 24.5. The van der Waals surface area contributed by atoms with Crippen LogP contribution in [0.15, 0.2) is 16.6 Å². The van der Waals surface area contributed by atoms with Crippen molar-refractivity contribution in [3.63, 3.8) is 0 Å². The average molecular weight is 266 g/mol. The number of halogens is 1. The molecule has 0 amide bonds. The van der Waals surface area contributed by atoms with E-state index in [0.717, 1.165) is 0 Å².